The molecule has 0 radical (unpaired) electrons. The van der Waals surface area contributed by atoms with Crippen molar-refractivity contribution < 1.29 is 14.6 Å². The zero-order valence-electron chi connectivity index (χ0n) is 14.7. The maximum absolute atomic E-state index is 12.1. The Morgan fingerprint density at radius 3 is 2.35 bits per heavy atom. The van der Waals surface area contributed by atoms with E-state index >= 15 is 0 Å². The summed E-state index contributed by atoms with van der Waals surface area (Å²) in [6.07, 6.45) is -0.772. The van der Waals surface area contributed by atoms with Gasteiger partial charge in [0.25, 0.3) is 0 Å². The molecular weight excluding hydrogens is 294 g/mol. The number of hydrogen-bond donors (Lipinski definition) is 1. The molecule has 0 aliphatic carbocycles. The molecule has 23 heavy (non-hydrogen) atoms. The Hall–Kier alpha value is -1.82. The summed E-state index contributed by atoms with van der Waals surface area (Å²) < 4.78 is 5.40. The first kappa shape index (κ1) is 17.5. The number of aliphatic hydroxyl groups excluding tert-OH is 1. The maximum Gasteiger partial charge on any atom is 0.410 e. The number of hydrogen-bond acceptors (Lipinski definition) is 5. The van der Waals surface area contributed by atoms with E-state index < -0.39 is 11.7 Å². The highest BCUT2D eigenvalue weighted by molar-refractivity contribution is 5.68. The van der Waals surface area contributed by atoms with Crippen molar-refractivity contribution in [3.05, 3.63) is 23.4 Å². The average molecular weight is 321 g/mol. The first-order valence-corrected chi connectivity index (χ1v) is 8.06. The molecule has 0 bridgehead atoms. The summed E-state index contributed by atoms with van der Waals surface area (Å²) in [6.45, 7) is 11.9. The summed E-state index contributed by atoms with van der Waals surface area (Å²) >= 11 is 0. The zero-order valence-corrected chi connectivity index (χ0v) is 14.7. The lowest BCUT2D eigenvalue weighted by Gasteiger charge is -2.36. The molecule has 1 N–H and O–H groups in total. The summed E-state index contributed by atoms with van der Waals surface area (Å²) in [6, 6.07) is 3.85. The quantitative estimate of drug-likeness (QED) is 0.906. The number of amides is 1. The summed E-state index contributed by atoms with van der Waals surface area (Å²) in [7, 11) is 0. The second kappa shape index (κ2) is 6.74. The number of carbonyl (C=O) groups is 1. The predicted molar refractivity (Wildman–Crippen MR) is 89.6 cm³/mol. The fourth-order valence-corrected chi connectivity index (χ4v) is 2.62. The average Bonchev–Trinajstić information content (AvgIpc) is 2.45. The summed E-state index contributed by atoms with van der Waals surface area (Å²) in [5.41, 5.74) is 1.22. The van der Waals surface area contributed by atoms with Crippen LogP contribution in [0.25, 0.3) is 0 Å². The van der Waals surface area contributed by atoms with Crippen molar-refractivity contribution in [1.29, 1.82) is 0 Å². The van der Waals surface area contributed by atoms with Crippen molar-refractivity contribution in [1.82, 2.24) is 9.88 Å². The molecule has 0 spiro atoms. The van der Waals surface area contributed by atoms with Gasteiger partial charge in [-0.15, -0.1) is 0 Å². The lowest BCUT2D eigenvalue weighted by Crippen LogP contribution is -2.50. The molecule has 1 amide bonds. The number of anilines is 1. The fourth-order valence-electron chi connectivity index (χ4n) is 2.62. The lowest BCUT2D eigenvalue weighted by atomic mass is 10.1. The van der Waals surface area contributed by atoms with E-state index in [0.717, 1.165) is 30.2 Å². The van der Waals surface area contributed by atoms with Crippen molar-refractivity contribution in [3.8, 4) is 0 Å². The van der Waals surface area contributed by atoms with Crippen LogP contribution in [0.3, 0.4) is 0 Å². The molecule has 0 unspecified atom stereocenters. The summed E-state index contributed by atoms with van der Waals surface area (Å²) in [5, 5.41) is 9.68. The van der Waals surface area contributed by atoms with Crippen LogP contribution in [0.5, 0.6) is 0 Å². The van der Waals surface area contributed by atoms with Crippen molar-refractivity contribution in [3.63, 3.8) is 0 Å². The molecule has 1 aliphatic heterocycles. The molecule has 2 rings (SSSR count). The minimum atomic E-state index is -0.513. The Labute approximate surface area is 138 Å². The minimum Gasteiger partial charge on any atom is -0.444 e. The Kier molecular flexibility index (Phi) is 5.14. The van der Waals surface area contributed by atoms with Crippen LogP contribution in [0.4, 0.5) is 10.6 Å². The van der Waals surface area contributed by atoms with E-state index in [-0.39, 0.29) is 6.09 Å². The van der Waals surface area contributed by atoms with Gasteiger partial charge in [0, 0.05) is 37.4 Å². The SMILES string of the molecule is Cc1nc(N2CCN(C(=O)OC(C)(C)C)CC2)ccc1[C@H](C)O. The second-order valence-electron chi connectivity index (χ2n) is 6.97. The molecule has 6 heteroatoms. The fraction of sp³-hybridized carbons (Fsp3) is 0.647. The topological polar surface area (TPSA) is 65.9 Å². The molecule has 0 aromatic carbocycles. The Morgan fingerprint density at radius 1 is 1.26 bits per heavy atom. The van der Waals surface area contributed by atoms with E-state index in [1.165, 1.54) is 0 Å². The molecule has 1 aromatic heterocycles. The number of nitrogens with zero attached hydrogens (tertiary/aromatic N) is 3. The molecule has 1 aromatic rings. The number of aromatic nitrogens is 1. The van der Waals surface area contributed by atoms with Crippen LogP contribution < -0.4 is 4.90 Å². The van der Waals surface area contributed by atoms with Crippen LogP contribution in [0.15, 0.2) is 12.1 Å². The van der Waals surface area contributed by atoms with Gasteiger partial charge in [-0.1, -0.05) is 6.07 Å². The summed E-state index contributed by atoms with van der Waals surface area (Å²) in [4.78, 5) is 20.5. The summed E-state index contributed by atoms with van der Waals surface area (Å²) in [5.74, 6) is 0.885. The van der Waals surface area contributed by atoms with Crippen molar-refractivity contribution in [2.45, 2.75) is 46.3 Å². The maximum atomic E-state index is 12.1. The third-order valence-corrected chi connectivity index (χ3v) is 3.82. The normalized spacial score (nSPS) is 17.1. The standard InChI is InChI=1S/C17H27N3O3/c1-12-14(13(2)21)6-7-15(18-12)19-8-10-20(11-9-19)16(22)23-17(3,4)5/h6-7,13,21H,8-11H2,1-5H3/t13-/m0/s1. The van der Waals surface area contributed by atoms with Crippen LogP contribution in [-0.4, -0.2) is 52.9 Å². The number of aryl methyl sites for hydroxylation is 1. The first-order chi connectivity index (χ1) is 10.7. The highest BCUT2D eigenvalue weighted by Gasteiger charge is 2.26. The van der Waals surface area contributed by atoms with Crippen molar-refractivity contribution >= 4 is 11.9 Å². The molecule has 1 fully saturated rings. The number of carbonyl (C=O) groups excluding carboxylic acids is 1. The molecule has 1 aliphatic rings. The third kappa shape index (κ3) is 4.58. The highest BCUT2D eigenvalue weighted by atomic mass is 16.6. The minimum absolute atomic E-state index is 0.259. The van der Waals surface area contributed by atoms with E-state index in [4.69, 9.17) is 4.74 Å². The molecule has 6 nitrogen and oxygen atoms in total. The van der Waals surface area contributed by atoms with Gasteiger partial charge in [0.05, 0.1) is 6.10 Å². The smallest absolute Gasteiger partial charge is 0.410 e. The van der Waals surface area contributed by atoms with Crippen molar-refractivity contribution in [2.24, 2.45) is 0 Å². The number of aliphatic hydroxyl groups is 1. The second-order valence-corrected chi connectivity index (χ2v) is 6.97. The molecule has 128 valence electrons. The van der Waals surface area contributed by atoms with Crippen LogP contribution in [-0.2, 0) is 4.74 Å². The number of pyridine rings is 1. The largest absolute Gasteiger partial charge is 0.444 e. The first-order valence-electron chi connectivity index (χ1n) is 8.06. The van der Waals surface area contributed by atoms with E-state index in [0.29, 0.717) is 13.1 Å². The van der Waals surface area contributed by atoms with Gasteiger partial charge in [0.15, 0.2) is 0 Å². The van der Waals surface area contributed by atoms with Crippen LogP contribution in [0.1, 0.15) is 45.1 Å². The molecule has 0 saturated carbocycles. The molecule has 2 heterocycles. The number of ether oxygens (including phenoxy) is 1. The van der Waals surface area contributed by atoms with Gasteiger partial charge >= 0.3 is 6.09 Å². The molecule has 1 saturated heterocycles. The van der Waals surface area contributed by atoms with E-state index in [1.54, 1.807) is 11.8 Å². The Morgan fingerprint density at radius 2 is 1.87 bits per heavy atom. The van der Waals surface area contributed by atoms with Crippen LogP contribution in [0.2, 0.25) is 0 Å². The van der Waals surface area contributed by atoms with Crippen LogP contribution in [0, 0.1) is 6.92 Å². The molecular formula is C17H27N3O3. The molecule has 1 atom stereocenters. The van der Waals surface area contributed by atoms with Gasteiger partial charge in [0.1, 0.15) is 11.4 Å². The number of piperazine rings is 1. The van der Waals surface area contributed by atoms with Crippen molar-refractivity contribution in [2.75, 3.05) is 31.1 Å². The third-order valence-electron chi connectivity index (χ3n) is 3.82. The van der Waals surface area contributed by atoms with Gasteiger partial charge in [-0.25, -0.2) is 9.78 Å². The number of rotatable bonds is 2. The monoisotopic (exact) mass is 321 g/mol. The van der Waals surface area contributed by atoms with E-state index in [1.807, 2.05) is 39.8 Å². The Balaban J connectivity index is 1.97. The van der Waals surface area contributed by atoms with E-state index in [9.17, 15) is 9.90 Å². The lowest BCUT2D eigenvalue weighted by molar-refractivity contribution is 0.0240. The van der Waals surface area contributed by atoms with Crippen LogP contribution >= 0.6 is 0 Å². The predicted octanol–water partition coefficient (Wildman–Crippen LogP) is 2.50. The van der Waals surface area contributed by atoms with E-state index in [2.05, 4.69) is 9.88 Å². The van der Waals surface area contributed by atoms with Gasteiger partial charge in [-0.3, -0.25) is 0 Å². The van der Waals surface area contributed by atoms with Gasteiger partial charge in [-0.05, 0) is 40.7 Å². The highest BCUT2D eigenvalue weighted by Crippen LogP contribution is 2.21. The van der Waals surface area contributed by atoms with Gasteiger partial charge in [0.2, 0.25) is 0 Å². The van der Waals surface area contributed by atoms with Gasteiger partial charge < -0.3 is 19.6 Å². The van der Waals surface area contributed by atoms with Gasteiger partial charge in [-0.2, -0.15) is 0 Å². The zero-order chi connectivity index (χ0) is 17.2. The Bertz CT molecular complexity index is 559.